The Kier molecular flexibility index (Phi) is 14.4. The number of halogens is 2. The van der Waals surface area contributed by atoms with Crippen molar-refractivity contribution >= 4 is 35.1 Å². The maximum atomic E-state index is 11.2. The highest BCUT2D eigenvalue weighted by Crippen LogP contribution is 2.34. The molecule has 0 aliphatic carbocycles. The van der Waals surface area contributed by atoms with Crippen molar-refractivity contribution < 1.29 is 49.0 Å². The number of rotatable bonds is 19. The highest BCUT2D eigenvalue weighted by atomic mass is 35.5. The van der Waals surface area contributed by atoms with Crippen LogP contribution in [0, 0.1) is 13.8 Å². The van der Waals surface area contributed by atoms with Crippen LogP contribution >= 0.6 is 23.2 Å². The molecule has 278 valence electrons. The van der Waals surface area contributed by atoms with Gasteiger partial charge in [0.15, 0.2) is 0 Å². The van der Waals surface area contributed by atoms with Crippen LogP contribution in [0.5, 0.6) is 23.5 Å². The number of hydrogen-bond acceptors (Lipinski definition) is 12. The average Bonchev–Trinajstić information content (AvgIpc) is 3.12. The number of carboxylic acids is 2. The van der Waals surface area contributed by atoms with Gasteiger partial charge in [0.1, 0.15) is 35.3 Å². The van der Waals surface area contributed by atoms with E-state index in [2.05, 4.69) is 20.6 Å². The standard InChI is InChI=1S/C36H40Cl2N4O10/c1-19-21(17-51-33-27(37)11-23(31(41-33)49-3)13-39-29(15-43)35(45)46)7-5-9-25(19)26-10-6-8-22(20(26)2)18-52-34-28(38)12-24(32(42-34)50-4)14-40-30(16-44)36(47)48/h5-12,29-30,39-40,43-44H,13-18H2,1-4H3,(H,45,46)(H,47,48). The third-order valence-electron chi connectivity index (χ3n) is 8.30. The summed E-state index contributed by atoms with van der Waals surface area (Å²) < 4.78 is 22.8. The molecule has 0 fully saturated rings. The van der Waals surface area contributed by atoms with E-state index in [0.717, 1.165) is 33.4 Å². The van der Waals surface area contributed by atoms with Crippen LogP contribution in [0.2, 0.25) is 10.0 Å². The minimum absolute atomic E-state index is 0.0443. The fourth-order valence-electron chi connectivity index (χ4n) is 5.28. The SMILES string of the molecule is COc1nc(OCc2cccc(-c3cccc(COc4nc(OC)c(CNC(CO)C(=O)O)cc4Cl)c3C)c2C)c(Cl)cc1CNC(CO)C(=O)O. The van der Waals surface area contributed by atoms with Crippen LogP contribution in [0.3, 0.4) is 0 Å². The number of hydrogen-bond donors (Lipinski definition) is 6. The van der Waals surface area contributed by atoms with Gasteiger partial charge in [-0.3, -0.25) is 20.2 Å². The molecular formula is C36H40Cl2N4O10. The molecule has 0 spiro atoms. The molecule has 0 radical (unpaired) electrons. The molecule has 52 heavy (non-hydrogen) atoms. The summed E-state index contributed by atoms with van der Waals surface area (Å²) in [7, 11) is 2.85. The van der Waals surface area contributed by atoms with Crippen molar-refractivity contribution in [1.29, 1.82) is 0 Å². The molecule has 2 aromatic heterocycles. The number of ether oxygens (including phenoxy) is 4. The fourth-order valence-corrected chi connectivity index (χ4v) is 5.74. The molecule has 16 heteroatoms. The summed E-state index contributed by atoms with van der Waals surface area (Å²) in [6.45, 7) is 3.20. The molecule has 0 amide bonds. The van der Waals surface area contributed by atoms with Gasteiger partial charge in [-0.25, -0.2) is 0 Å². The number of aliphatic hydroxyl groups is 2. The minimum Gasteiger partial charge on any atom is -0.481 e. The van der Waals surface area contributed by atoms with Crippen LogP contribution in [0.1, 0.15) is 33.4 Å². The summed E-state index contributed by atoms with van der Waals surface area (Å²) in [6, 6.07) is 12.6. The minimum atomic E-state index is -1.19. The Morgan fingerprint density at radius 2 is 1.06 bits per heavy atom. The summed E-state index contributed by atoms with van der Waals surface area (Å²) in [5.41, 5.74) is 6.67. The Bertz CT molecular complexity index is 1760. The van der Waals surface area contributed by atoms with Gasteiger partial charge in [-0.15, -0.1) is 0 Å². The number of carboxylic acid groups (broad SMARTS) is 2. The van der Waals surface area contributed by atoms with E-state index in [1.165, 1.54) is 14.2 Å². The quantitative estimate of drug-likeness (QED) is 0.0790. The van der Waals surface area contributed by atoms with Crippen LogP contribution in [0.15, 0.2) is 48.5 Å². The molecule has 0 saturated heterocycles. The van der Waals surface area contributed by atoms with Gasteiger partial charge in [-0.2, -0.15) is 9.97 Å². The zero-order valence-electron chi connectivity index (χ0n) is 28.9. The van der Waals surface area contributed by atoms with Gasteiger partial charge in [0.2, 0.25) is 23.5 Å². The Morgan fingerprint density at radius 1 is 0.673 bits per heavy atom. The van der Waals surface area contributed by atoms with Crippen LogP contribution in [0.4, 0.5) is 0 Å². The van der Waals surface area contributed by atoms with Crippen molar-refractivity contribution in [3.63, 3.8) is 0 Å². The Labute approximate surface area is 310 Å². The Morgan fingerprint density at radius 3 is 1.38 bits per heavy atom. The van der Waals surface area contributed by atoms with Crippen molar-refractivity contribution in [2.75, 3.05) is 27.4 Å². The molecule has 0 bridgehead atoms. The van der Waals surface area contributed by atoms with Gasteiger partial charge in [0.25, 0.3) is 0 Å². The molecule has 2 unspecified atom stereocenters. The van der Waals surface area contributed by atoms with Crippen LogP contribution < -0.4 is 29.6 Å². The van der Waals surface area contributed by atoms with Gasteiger partial charge >= 0.3 is 11.9 Å². The maximum absolute atomic E-state index is 11.2. The second-order valence-electron chi connectivity index (χ2n) is 11.6. The first kappa shape index (κ1) is 40.1. The van der Waals surface area contributed by atoms with Gasteiger partial charge in [0.05, 0.1) is 27.4 Å². The zero-order valence-corrected chi connectivity index (χ0v) is 30.4. The summed E-state index contributed by atoms with van der Waals surface area (Å²) in [5, 5.41) is 42.8. The van der Waals surface area contributed by atoms with Crippen molar-refractivity contribution in [2.24, 2.45) is 0 Å². The number of nitrogens with zero attached hydrogens (tertiary/aromatic N) is 2. The third-order valence-corrected chi connectivity index (χ3v) is 8.84. The van der Waals surface area contributed by atoms with E-state index in [0.29, 0.717) is 11.1 Å². The van der Waals surface area contributed by atoms with Gasteiger partial charge in [-0.05, 0) is 59.4 Å². The predicted molar refractivity (Wildman–Crippen MR) is 192 cm³/mol. The first-order chi connectivity index (χ1) is 24.9. The molecule has 0 aliphatic rings. The number of aliphatic hydroxyl groups excluding tert-OH is 2. The van der Waals surface area contributed by atoms with Crippen LogP contribution in [-0.4, -0.2) is 81.8 Å². The molecule has 0 aliphatic heterocycles. The van der Waals surface area contributed by atoms with Crippen molar-refractivity contribution in [1.82, 2.24) is 20.6 Å². The molecule has 2 heterocycles. The van der Waals surface area contributed by atoms with Crippen molar-refractivity contribution in [3.8, 4) is 34.6 Å². The largest absolute Gasteiger partial charge is 0.481 e. The lowest BCUT2D eigenvalue weighted by Gasteiger charge is -2.18. The molecule has 2 aromatic carbocycles. The van der Waals surface area contributed by atoms with Crippen molar-refractivity contribution in [3.05, 3.63) is 92.0 Å². The highest BCUT2D eigenvalue weighted by molar-refractivity contribution is 6.32. The average molecular weight is 760 g/mol. The predicted octanol–water partition coefficient (Wildman–Crippen LogP) is 4.31. The second-order valence-corrected chi connectivity index (χ2v) is 12.4. The van der Waals surface area contributed by atoms with E-state index in [1.807, 2.05) is 50.2 Å². The lowest BCUT2D eigenvalue weighted by Crippen LogP contribution is -2.39. The third kappa shape index (κ3) is 9.79. The molecule has 4 rings (SSSR count). The summed E-state index contributed by atoms with van der Waals surface area (Å²) in [4.78, 5) is 31.3. The number of aliphatic carboxylic acids is 2. The molecule has 2 atom stereocenters. The number of benzene rings is 2. The highest BCUT2D eigenvalue weighted by Gasteiger charge is 2.21. The summed E-state index contributed by atoms with van der Waals surface area (Å²) in [6.07, 6.45) is 0. The molecule has 14 nitrogen and oxygen atoms in total. The fraction of sp³-hybridized carbons (Fsp3) is 0.333. The van der Waals surface area contributed by atoms with Gasteiger partial charge in [-0.1, -0.05) is 59.6 Å². The summed E-state index contributed by atoms with van der Waals surface area (Å²) >= 11 is 13.0. The van der Waals surface area contributed by atoms with Crippen LogP contribution in [-0.2, 0) is 35.9 Å². The maximum Gasteiger partial charge on any atom is 0.323 e. The van der Waals surface area contributed by atoms with E-state index < -0.39 is 37.2 Å². The first-order valence-electron chi connectivity index (χ1n) is 16.0. The number of aromatic nitrogens is 2. The second kappa shape index (κ2) is 18.7. The van der Waals surface area contributed by atoms with E-state index in [1.54, 1.807) is 12.1 Å². The van der Waals surface area contributed by atoms with E-state index in [4.69, 9.17) is 42.1 Å². The number of nitrogens with one attached hydrogen (secondary N) is 2. The number of carbonyl (C=O) groups is 2. The monoisotopic (exact) mass is 758 g/mol. The molecule has 0 saturated carbocycles. The Hall–Kier alpha value is -4.70. The van der Waals surface area contributed by atoms with Crippen molar-refractivity contribution in [2.45, 2.75) is 52.2 Å². The van der Waals surface area contributed by atoms with Crippen LogP contribution in [0.25, 0.3) is 11.1 Å². The van der Waals surface area contributed by atoms with Gasteiger partial charge < -0.3 is 39.4 Å². The molecular weight excluding hydrogens is 719 g/mol. The number of methoxy groups -OCH3 is 2. The van der Waals surface area contributed by atoms with E-state index in [-0.39, 0.29) is 59.9 Å². The molecule has 4 aromatic rings. The zero-order chi connectivity index (χ0) is 37.9. The Balaban J connectivity index is 1.49. The number of pyridine rings is 2. The lowest BCUT2D eigenvalue weighted by molar-refractivity contribution is -0.141. The van der Waals surface area contributed by atoms with Gasteiger partial charge in [0, 0.05) is 24.2 Å². The summed E-state index contributed by atoms with van der Waals surface area (Å²) in [5.74, 6) is -1.70. The smallest absolute Gasteiger partial charge is 0.323 e. The first-order valence-corrected chi connectivity index (χ1v) is 16.7. The lowest BCUT2D eigenvalue weighted by atomic mass is 9.92. The topological polar surface area (TPSA) is 202 Å². The van der Waals surface area contributed by atoms with E-state index in [9.17, 15) is 30.0 Å². The molecule has 6 N–H and O–H groups in total. The normalized spacial score (nSPS) is 12.2. The van der Waals surface area contributed by atoms with E-state index >= 15 is 0 Å².